The van der Waals surface area contributed by atoms with E-state index in [1.165, 1.54) is 16.7 Å². The third kappa shape index (κ3) is 3.46. The first-order chi connectivity index (χ1) is 13.2. The van der Waals surface area contributed by atoms with E-state index in [1.807, 2.05) is 0 Å². The average molecular weight is 405 g/mol. The number of aliphatic carboxylic acids is 1. The number of nitrogens with one attached hydrogen (secondary N) is 2. The minimum atomic E-state index is -1.06. The maximum atomic E-state index is 12.9. The molecule has 2 fully saturated rings. The van der Waals surface area contributed by atoms with Crippen LogP contribution in [-0.2, 0) is 19.2 Å². The van der Waals surface area contributed by atoms with Gasteiger partial charge in [0.05, 0.1) is 0 Å². The van der Waals surface area contributed by atoms with E-state index in [0.717, 1.165) is 0 Å². The molecule has 1 aromatic carbocycles. The second-order valence-corrected chi connectivity index (χ2v) is 9.12. The molecule has 3 N–H and O–H groups in total. The summed E-state index contributed by atoms with van der Waals surface area (Å²) >= 11 is 1.36. The van der Waals surface area contributed by atoms with Crippen LogP contribution in [0.5, 0.6) is 0 Å². The summed E-state index contributed by atoms with van der Waals surface area (Å²) in [5.74, 6) is -2.26. The summed E-state index contributed by atoms with van der Waals surface area (Å²) in [7, 11) is 0. The number of nitrogens with zero attached hydrogens (tertiary/aromatic N) is 1. The monoisotopic (exact) mass is 405 g/mol. The molecule has 28 heavy (non-hydrogen) atoms. The lowest BCUT2D eigenvalue weighted by Gasteiger charge is -2.44. The summed E-state index contributed by atoms with van der Waals surface area (Å²) in [5, 5.41) is 14.4. The van der Waals surface area contributed by atoms with Gasteiger partial charge in [-0.25, -0.2) is 4.79 Å². The van der Waals surface area contributed by atoms with Gasteiger partial charge in [0.2, 0.25) is 17.7 Å². The first kappa shape index (κ1) is 20.2. The molecule has 2 heterocycles. The minimum Gasteiger partial charge on any atom is -0.480 e. The number of carbonyl (C=O) groups excluding carboxylic acids is 3. The van der Waals surface area contributed by atoms with Gasteiger partial charge in [-0.1, -0.05) is 37.3 Å². The molecular formula is C19H23N3O5S. The molecule has 0 aromatic heterocycles. The van der Waals surface area contributed by atoms with Crippen LogP contribution in [0.3, 0.4) is 0 Å². The zero-order valence-electron chi connectivity index (χ0n) is 15.8. The Morgan fingerprint density at radius 2 is 1.89 bits per heavy atom. The number of carboxylic acid groups (broad SMARTS) is 1. The number of fused-ring (bicyclic) bond motifs is 1. The van der Waals surface area contributed by atoms with E-state index in [2.05, 4.69) is 10.6 Å². The fraction of sp³-hybridized carbons (Fsp3) is 0.474. The van der Waals surface area contributed by atoms with Gasteiger partial charge in [-0.05, 0) is 19.4 Å². The number of hydrogen-bond donors (Lipinski definition) is 3. The van der Waals surface area contributed by atoms with E-state index < -0.39 is 46.0 Å². The molecule has 2 saturated heterocycles. The Morgan fingerprint density at radius 3 is 2.46 bits per heavy atom. The standard InChI is InChI=1S/C19H23N3O5S/c1-4-11(23)20-12(10-8-6-5-7-9-10)15(24)21-13-16(25)22-14(18(26)27)19(2,3)28-17(13)22/h5-9,12-14,17H,4H2,1-3H3,(H,20,23)(H,21,24)(H,26,27)/t12?,13-,14+,17-/m1/s1. The molecule has 3 rings (SSSR count). The SMILES string of the molecule is CCC(=O)NC(C(=O)N[C@@H]1C(=O)N2[C@@H]1SC(C)(C)[C@@H]2C(=O)O)c1ccccc1. The summed E-state index contributed by atoms with van der Waals surface area (Å²) in [6, 6.07) is 6.10. The fourth-order valence-electron chi connectivity index (χ4n) is 3.59. The molecule has 0 bridgehead atoms. The number of carbonyl (C=O) groups is 4. The molecule has 8 nitrogen and oxygen atoms in total. The van der Waals surface area contributed by atoms with Crippen molar-refractivity contribution in [3.05, 3.63) is 35.9 Å². The van der Waals surface area contributed by atoms with Gasteiger partial charge in [-0.15, -0.1) is 11.8 Å². The van der Waals surface area contributed by atoms with Crippen LogP contribution in [0.1, 0.15) is 38.8 Å². The normalized spacial score (nSPS) is 26.0. The van der Waals surface area contributed by atoms with E-state index in [1.54, 1.807) is 51.1 Å². The zero-order chi connectivity index (χ0) is 20.6. The minimum absolute atomic E-state index is 0.222. The molecule has 150 valence electrons. The second kappa shape index (κ2) is 7.46. The summed E-state index contributed by atoms with van der Waals surface area (Å²) in [4.78, 5) is 50.2. The Morgan fingerprint density at radius 1 is 1.25 bits per heavy atom. The van der Waals surface area contributed by atoms with Crippen LogP contribution < -0.4 is 10.6 Å². The molecule has 2 aliphatic rings. The zero-order valence-corrected chi connectivity index (χ0v) is 16.7. The Balaban J connectivity index is 1.77. The molecule has 4 atom stereocenters. The summed E-state index contributed by atoms with van der Waals surface area (Å²) < 4.78 is -0.666. The van der Waals surface area contributed by atoms with E-state index in [-0.39, 0.29) is 12.3 Å². The summed E-state index contributed by atoms with van der Waals surface area (Å²) in [6.07, 6.45) is 0.222. The van der Waals surface area contributed by atoms with Crippen LogP contribution >= 0.6 is 11.8 Å². The lowest BCUT2D eigenvalue weighted by Crippen LogP contribution is -2.71. The van der Waals surface area contributed by atoms with Gasteiger partial charge >= 0.3 is 5.97 Å². The highest BCUT2D eigenvalue weighted by atomic mass is 32.2. The third-order valence-electron chi connectivity index (χ3n) is 4.99. The molecule has 3 amide bonds. The third-order valence-corrected chi connectivity index (χ3v) is 6.57. The lowest BCUT2D eigenvalue weighted by molar-refractivity contribution is -0.161. The predicted octanol–water partition coefficient (Wildman–Crippen LogP) is 0.886. The quantitative estimate of drug-likeness (QED) is 0.605. The van der Waals surface area contributed by atoms with Crippen molar-refractivity contribution in [2.45, 2.75) is 55.4 Å². The smallest absolute Gasteiger partial charge is 0.327 e. The Bertz CT molecular complexity index is 813. The highest BCUT2D eigenvalue weighted by molar-refractivity contribution is 8.01. The van der Waals surface area contributed by atoms with Crippen molar-refractivity contribution < 1.29 is 24.3 Å². The molecule has 0 aliphatic carbocycles. The molecule has 0 spiro atoms. The van der Waals surface area contributed by atoms with Crippen molar-refractivity contribution in [3.8, 4) is 0 Å². The van der Waals surface area contributed by atoms with Crippen molar-refractivity contribution >= 4 is 35.5 Å². The number of amides is 3. The van der Waals surface area contributed by atoms with Crippen molar-refractivity contribution in [1.29, 1.82) is 0 Å². The number of rotatable bonds is 6. The molecule has 9 heteroatoms. The maximum Gasteiger partial charge on any atom is 0.327 e. The van der Waals surface area contributed by atoms with E-state index in [4.69, 9.17) is 0 Å². The van der Waals surface area contributed by atoms with Crippen LogP contribution in [-0.4, -0.2) is 55.9 Å². The van der Waals surface area contributed by atoms with Crippen molar-refractivity contribution in [1.82, 2.24) is 15.5 Å². The molecule has 1 aromatic rings. The van der Waals surface area contributed by atoms with Gasteiger partial charge in [0.15, 0.2) is 0 Å². The van der Waals surface area contributed by atoms with Gasteiger partial charge in [0.25, 0.3) is 0 Å². The topological polar surface area (TPSA) is 116 Å². The Kier molecular flexibility index (Phi) is 5.38. The summed E-state index contributed by atoms with van der Waals surface area (Å²) in [6.45, 7) is 5.23. The van der Waals surface area contributed by atoms with Gasteiger partial charge < -0.3 is 20.6 Å². The van der Waals surface area contributed by atoms with Crippen LogP contribution in [0.25, 0.3) is 0 Å². The van der Waals surface area contributed by atoms with Gasteiger partial charge in [0.1, 0.15) is 23.5 Å². The molecule has 1 unspecified atom stereocenters. The Hall–Kier alpha value is -2.55. The van der Waals surface area contributed by atoms with Crippen molar-refractivity contribution in [2.24, 2.45) is 0 Å². The van der Waals surface area contributed by atoms with E-state index in [0.29, 0.717) is 5.56 Å². The van der Waals surface area contributed by atoms with Crippen molar-refractivity contribution in [2.75, 3.05) is 0 Å². The largest absolute Gasteiger partial charge is 0.480 e. The van der Waals surface area contributed by atoms with Gasteiger partial charge in [-0.3, -0.25) is 14.4 Å². The Labute approximate surface area is 167 Å². The van der Waals surface area contributed by atoms with Crippen molar-refractivity contribution in [3.63, 3.8) is 0 Å². The van der Waals surface area contributed by atoms with Crippen LogP contribution in [0, 0.1) is 0 Å². The molecular weight excluding hydrogens is 382 g/mol. The van der Waals surface area contributed by atoms with Gasteiger partial charge in [-0.2, -0.15) is 0 Å². The summed E-state index contributed by atoms with van der Waals surface area (Å²) in [5.41, 5.74) is 0.605. The highest BCUT2D eigenvalue weighted by Crippen LogP contribution is 2.50. The maximum absolute atomic E-state index is 12.9. The molecule has 0 saturated carbocycles. The fourth-order valence-corrected chi connectivity index (χ4v) is 5.22. The lowest BCUT2D eigenvalue weighted by atomic mass is 9.95. The number of hydrogen-bond acceptors (Lipinski definition) is 5. The highest BCUT2D eigenvalue weighted by Gasteiger charge is 2.64. The predicted molar refractivity (Wildman–Crippen MR) is 103 cm³/mol. The van der Waals surface area contributed by atoms with Crippen LogP contribution in [0.4, 0.5) is 0 Å². The van der Waals surface area contributed by atoms with Crippen LogP contribution in [0.15, 0.2) is 30.3 Å². The molecule has 0 radical (unpaired) electrons. The first-order valence-electron chi connectivity index (χ1n) is 9.05. The number of β-lactam (4-membered cyclic amide) rings is 1. The van der Waals surface area contributed by atoms with E-state index in [9.17, 15) is 24.3 Å². The van der Waals surface area contributed by atoms with Gasteiger partial charge in [0, 0.05) is 11.2 Å². The molecule has 2 aliphatic heterocycles. The van der Waals surface area contributed by atoms with E-state index >= 15 is 0 Å². The number of thioether (sulfide) groups is 1. The van der Waals surface area contributed by atoms with Crippen LogP contribution in [0.2, 0.25) is 0 Å². The number of benzene rings is 1. The number of carboxylic acids is 1. The second-order valence-electron chi connectivity index (χ2n) is 7.35. The first-order valence-corrected chi connectivity index (χ1v) is 9.92. The average Bonchev–Trinajstić information content (AvgIpc) is 2.92.